The molecular weight excluding hydrogens is 180 g/mol. The molecule has 0 aromatic heterocycles. The van der Waals surface area contributed by atoms with Crippen LogP contribution in [0, 0.1) is 0 Å². The van der Waals surface area contributed by atoms with E-state index in [1.54, 1.807) is 0 Å². The fourth-order valence-corrected chi connectivity index (χ4v) is 0.862. The molecule has 0 aromatic rings. The third-order valence-corrected chi connectivity index (χ3v) is 2.29. The van der Waals surface area contributed by atoms with Crippen LogP contribution in [0.3, 0.4) is 0 Å². The molecule has 0 fully saturated rings. The van der Waals surface area contributed by atoms with E-state index in [0.717, 1.165) is 25.7 Å². The maximum Gasteiger partial charge on any atom is 0.188 e. The summed E-state index contributed by atoms with van der Waals surface area (Å²) in [6.45, 7) is 8.02. The highest BCUT2D eigenvalue weighted by Crippen LogP contribution is 2.15. The molecule has 0 heterocycles. The largest absolute Gasteiger partial charge is 0.366 e. The first-order valence-electron chi connectivity index (χ1n) is 5.54. The van der Waals surface area contributed by atoms with Crippen molar-refractivity contribution in [2.75, 3.05) is 0 Å². The van der Waals surface area contributed by atoms with Crippen molar-refractivity contribution < 1.29 is 14.9 Å². The molecule has 0 aliphatic rings. The third kappa shape index (κ3) is 7.30. The van der Waals surface area contributed by atoms with Gasteiger partial charge in [0.15, 0.2) is 6.29 Å². The summed E-state index contributed by atoms with van der Waals surface area (Å²) < 4.78 is 0. The molecule has 0 bridgehead atoms. The molecule has 1 unspecified atom stereocenters. The van der Waals surface area contributed by atoms with Crippen LogP contribution < -0.4 is 0 Å². The topological polar surface area (TPSA) is 38.7 Å². The fraction of sp³-hybridized carbons (Fsp3) is 1.00. The van der Waals surface area contributed by atoms with E-state index in [0.29, 0.717) is 6.42 Å². The van der Waals surface area contributed by atoms with Crippen molar-refractivity contribution in [1.29, 1.82) is 0 Å². The van der Waals surface area contributed by atoms with Crippen LogP contribution >= 0.6 is 0 Å². The summed E-state index contributed by atoms with van der Waals surface area (Å²) in [5.74, 6) is 0. The second-order valence-electron chi connectivity index (χ2n) is 4.24. The molecule has 14 heavy (non-hydrogen) atoms. The highest BCUT2D eigenvalue weighted by molar-refractivity contribution is 4.62. The Hall–Kier alpha value is -0.120. The Morgan fingerprint density at radius 3 is 2.36 bits per heavy atom. The molecule has 0 aliphatic heterocycles. The van der Waals surface area contributed by atoms with E-state index in [9.17, 15) is 5.11 Å². The number of rotatable bonds is 8. The summed E-state index contributed by atoms with van der Waals surface area (Å²) in [5, 5.41) is 9.39. The Balaban J connectivity index is 3.48. The second-order valence-corrected chi connectivity index (χ2v) is 4.24. The normalized spacial score (nSPS) is 14.4. The summed E-state index contributed by atoms with van der Waals surface area (Å²) in [6, 6.07) is 0. The van der Waals surface area contributed by atoms with E-state index in [1.807, 2.05) is 20.8 Å². The van der Waals surface area contributed by atoms with Gasteiger partial charge in [-0.2, -0.15) is 0 Å². The molecule has 3 heteroatoms. The SMILES string of the molecule is CCCCCC(O)OOC(C)(C)CC. The lowest BCUT2D eigenvalue weighted by molar-refractivity contribution is -0.413. The molecule has 3 nitrogen and oxygen atoms in total. The van der Waals surface area contributed by atoms with E-state index in [2.05, 4.69) is 6.92 Å². The highest BCUT2D eigenvalue weighted by Gasteiger charge is 2.18. The fourth-order valence-electron chi connectivity index (χ4n) is 0.862. The predicted octanol–water partition coefficient (Wildman–Crippen LogP) is 3.02. The van der Waals surface area contributed by atoms with Crippen molar-refractivity contribution in [2.24, 2.45) is 0 Å². The van der Waals surface area contributed by atoms with Crippen LogP contribution in [0.25, 0.3) is 0 Å². The number of hydrogen-bond acceptors (Lipinski definition) is 3. The molecular formula is C11H24O3. The predicted molar refractivity (Wildman–Crippen MR) is 56.7 cm³/mol. The summed E-state index contributed by atoms with van der Waals surface area (Å²) in [5.41, 5.74) is -0.314. The van der Waals surface area contributed by atoms with Gasteiger partial charge in [-0.1, -0.05) is 26.7 Å². The van der Waals surface area contributed by atoms with Crippen molar-refractivity contribution in [3.05, 3.63) is 0 Å². The zero-order chi connectivity index (χ0) is 11.0. The molecule has 1 atom stereocenters. The van der Waals surface area contributed by atoms with Gasteiger partial charge in [-0.05, 0) is 26.7 Å². The Kier molecular flexibility index (Phi) is 7.15. The first kappa shape index (κ1) is 13.9. The molecule has 0 aliphatic carbocycles. The first-order chi connectivity index (χ1) is 6.52. The molecule has 0 aromatic carbocycles. The average molecular weight is 204 g/mol. The quantitative estimate of drug-likeness (QED) is 0.286. The Morgan fingerprint density at radius 2 is 1.86 bits per heavy atom. The van der Waals surface area contributed by atoms with Gasteiger partial charge in [0.25, 0.3) is 0 Å². The van der Waals surface area contributed by atoms with Crippen LogP contribution in [0.2, 0.25) is 0 Å². The van der Waals surface area contributed by atoms with Gasteiger partial charge in [-0.15, -0.1) is 0 Å². The molecule has 0 spiro atoms. The van der Waals surface area contributed by atoms with Gasteiger partial charge in [0.2, 0.25) is 0 Å². The molecule has 0 rings (SSSR count). The summed E-state index contributed by atoms with van der Waals surface area (Å²) >= 11 is 0. The van der Waals surface area contributed by atoms with Crippen LogP contribution in [0.5, 0.6) is 0 Å². The highest BCUT2D eigenvalue weighted by atomic mass is 17.2. The van der Waals surface area contributed by atoms with E-state index in [4.69, 9.17) is 9.78 Å². The number of aliphatic hydroxyl groups is 1. The molecule has 0 saturated carbocycles. The minimum Gasteiger partial charge on any atom is -0.366 e. The van der Waals surface area contributed by atoms with E-state index < -0.39 is 6.29 Å². The lowest BCUT2D eigenvalue weighted by atomic mass is 10.1. The van der Waals surface area contributed by atoms with Crippen molar-refractivity contribution in [3.8, 4) is 0 Å². The third-order valence-electron chi connectivity index (χ3n) is 2.29. The molecule has 0 amide bonds. The van der Waals surface area contributed by atoms with Gasteiger partial charge >= 0.3 is 0 Å². The minimum absolute atomic E-state index is 0.314. The lowest BCUT2D eigenvalue weighted by Crippen LogP contribution is -2.26. The average Bonchev–Trinajstić information content (AvgIpc) is 2.16. The molecule has 0 radical (unpaired) electrons. The van der Waals surface area contributed by atoms with Crippen molar-refractivity contribution in [1.82, 2.24) is 0 Å². The Bertz CT molecular complexity index is 134. The summed E-state index contributed by atoms with van der Waals surface area (Å²) in [6.07, 6.45) is 3.97. The Labute approximate surface area is 87.3 Å². The van der Waals surface area contributed by atoms with Gasteiger partial charge in [-0.3, -0.25) is 0 Å². The van der Waals surface area contributed by atoms with Crippen LogP contribution in [-0.4, -0.2) is 17.0 Å². The van der Waals surface area contributed by atoms with Crippen LogP contribution in [0.15, 0.2) is 0 Å². The lowest BCUT2D eigenvalue weighted by Gasteiger charge is -2.23. The summed E-state index contributed by atoms with van der Waals surface area (Å²) in [4.78, 5) is 10.0. The van der Waals surface area contributed by atoms with Crippen LogP contribution in [0.1, 0.15) is 59.8 Å². The van der Waals surface area contributed by atoms with E-state index in [-0.39, 0.29) is 5.60 Å². The standard InChI is InChI=1S/C11H24O3/c1-5-7-8-9-10(12)13-14-11(3,4)6-2/h10,12H,5-9H2,1-4H3. The molecule has 0 saturated heterocycles. The first-order valence-corrected chi connectivity index (χ1v) is 5.54. The number of unbranched alkanes of at least 4 members (excludes halogenated alkanes) is 2. The van der Waals surface area contributed by atoms with Crippen molar-refractivity contribution in [2.45, 2.75) is 71.7 Å². The zero-order valence-corrected chi connectivity index (χ0v) is 9.88. The summed E-state index contributed by atoms with van der Waals surface area (Å²) in [7, 11) is 0. The van der Waals surface area contributed by atoms with E-state index >= 15 is 0 Å². The van der Waals surface area contributed by atoms with Crippen molar-refractivity contribution >= 4 is 0 Å². The van der Waals surface area contributed by atoms with Gasteiger partial charge in [0, 0.05) is 6.42 Å². The van der Waals surface area contributed by atoms with Gasteiger partial charge in [0.1, 0.15) is 0 Å². The Morgan fingerprint density at radius 1 is 1.21 bits per heavy atom. The minimum atomic E-state index is -0.785. The zero-order valence-electron chi connectivity index (χ0n) is 9.88. The second kappa shape index (κ2) is 7.21. The van der Waals surface area contributed by atoms with Crippen LogP contribution in [0.4, 0.5) is 0 Å². The molecule has 86 valence electrons. The number of aliphatic hydroxyl groups excluding tert-OH is 1. The van der Waals surface area contributed by atoms with Gasteiger partial charge < -0.3 is 5.11 Å². The van der Waals surface area contributed by atoms with E-state index in [1.165, 1.54) is 0 Å². The van der Waals surface area contributed by atoms with Gasteiger partial charge in [0.05, 0.1) is 5.60 Å². The van der Waals surface area contributed by atoms with Gasteiger partial charge in [-0.25, -0.2) is 9.78 Å². The molecule has 1 N–H and O–H groups in total. The number of hydrogen-bond donors (Lipinski definition) is 1. The monoisotopic (exact) mass is 204 g/mol. The maximum atomic E-state index is 9.39. The smallest absolute Gasteiger partial charge is 0.188 e. The van der Waals surface area contributed by atoms with Crippen molar-refractivity contribution in [3.63, 3.8) is 0 Å². The van der Waals surface area contributed by atoms with Crippen LogP contribution in [-0.2, 0) is 9.78 Å². The maximum absolute atomic E-state index is 9.39.